The molecule has 0 aliphatic carbocycles. The Balaban J connectivity index is 2.01. The molecule has 2 aromatic heterocycles. The second-order valence-electron chi connectivity index (χ2n) is 5.64. The van der Waals surface area contributed by atoms with E-state index in [2.05, 4.69) is 62.4 Å². The molecule has 2 aromatic rings. The highest BCUT2D eigenvalue weighted by atomic mass is 32.1. The number of hydrogen-bond donors (Lipinski definition) is 1. The van der Waals surface area contributed by atoms with E-state index in [-0.39, 0.29) is 5.41 Å². The van der Waals surface area contributed by atoms with Crippen LogP contribution in [0.1, 0.15) is 47.3 Å². The Morgan fingerprint density at radius 1 is 1.37 bits per heavy atom. The lowest BCUT2D eigenvalue weighted by Gasteiger charge is -2.26. The molecule has 0 aromatic carbocycles. The van der Waals surface area contributed by atoms with Crippen LogP contribution >= 0.6 is 22.7 Å². The van der Waals surface area contributed by atoms with Crippen LogP contribution in [-0.2, 0) is 5.41 Å². The molecule has 4 heteroatoms. The zero-order valence-electron chi connectivity index (χ0n) is 12.3. The first-order valence-corrected chi connectivity index (χ1v) is 8.31. The van der Waals surface area contributed by atoms with Crippen molar-refractivity contribution in [2.75, 3.05) is 6.54 Å². The average molecular weight is 294 g/mol. The van der Waals surface area contributed by atoms with Gasteiger partial charge in [0.2, 0.25) is 0 Å². The summed E-state index contributed by atoms with van der Waals surface area (Å²) in [5, 5.41) is 6.93. The molecule has 0 bridgehead atoms. The molecule has 104 valence electrons. The van der Waals surface area contributed by atoms with E-state index in [1.54, 1.807) is 11.3 Å². The third-order valence-electron chi connectivity index (χ3n) is 3.39. The molecule has 0 saturated heterocycles. The number of thiazole rings is 1. The summed E-state index contributed by atoms with van der Waals surface area (Å²) in [6.45, 7) is 12.0. The topological polar surface area (TPSA) is 24.9 Å². The van der Waals surface area contributed by atoms with Gasteiger partial charge in [0, 0.05) is 27.8 Å². The van der Waals surface area contributed by atoms with E-state index in [0.717, 1.165) is 11.6 Å². The van der Waals surface area contributed by atoms with Crippen LogP contribution in [0, 0.1) is 13.8 Å². The zero-order valence-corrected chi connectivity index (χ0v) is 13.9. The summed E-state index contributed by atoms with van der Waals surface area (Å²) in [6.07, 6.45) is 0. The number of nitrogens with one attached hydrogen (secondary N) is 1. The van der Waals surface area contributed by atoms with Gasteiger partial charge >= 0.3 is 0 Å². The molecule has 0 aliphatic heterocycles. The van der Waals surface area contributed by atoms with Gasteiger partial charge in [-0.1, -0.05) is 19.9 Å². The van der Waals surface area contributed by atoms with Crippen molar-refractivity contribution in [3.63, 3.8) is 0 Å². The summed E-state index contributed by atoms with van der Waals surface area (Å²) in [7, 11) is 0. The average Bonchev–Trinajstić information content (AvgIpc) is 2.96. The summed E-state index contributed by atoms with van der Waals surface area (Å²) in [4.78, 5) is 7.39. The minimum absolute atomic E-state index is 0.168. The fourth-order valence-corrected chi connectivity index (χ4v) is 3.97. The lowest BCUT2D eigenvalue weighted by molar-refractivity contribution is 0.437. The first-order chi connectivity index (χ1) is 8.90. The van der Waals surface area contributed by atoms with Gasteiger partial charge in [-0.3, -0.25) is 0 Å². The molecule has 2 heterocycles. The standard InChI is InChI=1S/C15H22N2S2/c1-10(14-11(2)19-12(3)17-14)16-9-15(4,5)13-7-6-8-18-13/h6-8,10,16H,9H2,1-5H3. The van der Waals surface area contributed by atoms with Crippen molar-refractivity contribution in [2.24, 2.45) is 0 Å². The summed E-state index contributed by atoms with van der Waals surface area (Å²) in [6, 6.07) is 4.65. The molecular formula is C15H22N2S2. The van der Waals surface area contributed by atoms with Crippen LogP contribution in [0.25, 0.3) is 0 Å². The highest BCUT2D eigenvalue weighted by molar-refractivity contribution is 7.11. The van der Waals surface area contributed by atoms with E-state index in [9.17, 15) is 0 Å². The van der Waals surface area contributed by atoms with Gasteiger partial charge in [0.15, 0.2) is 0 Å². The molecule has 2 rings (SSSR count). The lowest BCUT2D eigenvalue weighted by Crippen LogP contribution is -2.34. The summed E-state index contributed by atoms with van der Waals surface area (Å²) >= 11 is 3.61. The minimum atomic E-state index is 0.168. The quantitative estimate of drug-likeness (QED) is 0.881. The lowest BCUT2D eigenvalue weighted by atomic mass is 9.91. The van der Waals surface area contributed by atoms with Crippen molar-refractivity contribution >= 4 is 22.7 Å². The van der Waals surface area contributed by atoms with Crippen molar-refractivity contribution in [1.82, 2.24) is 10.3 Å². The van der Waals surface area contributed by atoms with Gasteiger partial charge in [0.25, 0.3) is 0 Å². The number of aryl methyl sites for hydroxylation is 2. The molecule has 2 nitrogen and oxygen atoms in total. The summed E-state index contributed by atoms with van der Waals surface area (Å²) in [5.74, 6) is 0. The Morgan fingerprint density at radius 3 is 2.63 bits per heavy atom. The van der Waals surface area contributed by atoms with E-state index in [4.69, 9.17) is 0 Å². The predicted molar refractivity (Wildman–Crippen MR) is 85.4 cm³/mol. The molecule has 1 unspecified atom stereocenters. The van der Waals surface area contributed by atoms with Crippen molar-refractivity contribution in [1.29, 1.82) is 0 Å². The molecule has 19 heavy (non-hydrogen) atoms. The number of aromatic nitrogens is 1. The largest absolute Gasteiger partial charge is 0.308 e. The number of rotatable bonds is 5. The van der Waals surface area contributed by atoms with Gasteiger partial charge in [-0.05, 0) is 32.2 Å². The first kappa shape index (κ1) is 14.7. The highest BCUT2D eigenvalue weighted by Crippen LogP contribution is 2.28. The Morgan fingerprint density at radius 2 is 2.11 bits per heavy atom. The van der Waals surface area contributed by atoms with E-state index in [1.807, 2.05) is 11.3 Å². The smallest absolute Gasteiger partial charge is 0.0900 e. The van der Waals surface area contributed by atoms with Crippen molar-refractivity contribution in [2.45, 2.75) is 46.1 Å². The normalized spacial score (nSPS) is 13.7. The molecule has 0 radical (unpaired) electrons. The van der Waals surface area contributed by atoms with E-state index < -0.39 is 0 Å². The molecule has 0 amide bonds. The van der Waals surface area contributed by atoms with Crippen LogP contribution in [0.2, 0.25) is 0 Å². The Kier molecular flexibility index (Phi) is 4.43. The van der Waals surface area contributed by atoms with Crippen molar-refractivity contribution in [3.8, 4) is 0 Å². The van der Waals surface area contributed by atoms with Crippen LogP contribution < -0.4 is 5.32 Å². The minimum Gasteiger partial charge on any atom is -0.308 e. The fraction of sp³-hybridized carbons (Fsp3) is 0.533. The maximum atomic E-state index is 4.63. The van der Waals surface area contributed by atoms with Crippen LogP contribution in [0.4, 0.5) is 0 Å². The van der Waals surface area contributed by atoms with Gasteiger partial charge in [-0.25, -0.2) is 4.98 Å². The van der Waals surface area contributed by atoms with E-state index in [1.165, 1.54) is 15.4 Å². The SMILES string of the molecule is Cc1nc(C(C)NCC(C)(C)c2cccs2)c(C)s1. The van der Waals surface area contributed by atoms with Crippen LogP contribution in [-0.4, -0.2) is 11.5 Å². The van der Waals surface area contributed by atoms with Gasteiger partial charge in [0.1, 0.15) is 0 Å². The maximum Gasteiger partial charge on any atom is 0.0900 e. The summed E-state index contributed by atoms with van der Waals surface area (Å²) in [5.41, 5.74) is 1.37. The molecule has 1 N–H and O–H groups in total. The maximum absolute atomic E-state index is 4.63. The van der Waals surface area contributed by atoms with Gasteiger partial charge < -0.3 is 5.32 Å². The molecule has 0 aliphatic rings. The number of hydrogen-bond acceptors (Lipinski definition) is 4. The third kappa shape index (κ3) is 3.44. The number of nitrogens with zero attached hydrogens (tertiary/aromatic N) is 1. The van der Waals surface area contributed by atoms with Crippen LogP contribution in [0.5, 0.6) is 0 Å². The number of thiophene rings is 1. The third-order valence-corrected chi connectivity index (χ3v) is 5.53. The van der Waals surface area contributed by atoms with E-state index >= 15 is 0 Å². The molecule has 0 spiro atoms. The van der Waals surface area contributed by atoms with Gasteiger partial charge in [-0.15, -0.1) is 22.7 Å². The van der Waals surface area contributed by atoms with Crippen LogP contribution in [0.3, 0.4) is 0 Å². The van der Waals surface area contributed by atoms with Crippen molar-refractivity contribution in [3.05, 3.63) is 38.0 Å². The molecule has 1 atom stereocenters. The Hall–Kier alpha value is -0.710. The Bertz CT molecular complexity index is 526. The summed E-state index contributed by atoms with van der Waals surface area (Å²) < 4.78 is 0. The predicted octanol–water partition coefficient (Wildman–Crippen LogP) is 4.45. The highest BCUT2D eigenvalue weighted by Gasteiger charge is 2.23. The van der Waals surface area contributed by atoms with E-state index in [0.29, 0.717) is 6.04 Å². The second-order valence-corrected chi connectivity index (χ2v) is 7.99. The Labute approximate surface area is 123 Å². The van der Waals surface area contributed by atoms with Crippen LogP contribution in [0.15, 0.2) is 17.5 Å². The molecule has 0 fully saturated rings. The fourth-order valence-electron chi connectivity index (χ4n) is 2.20. The molecule has 0 saturated carbocycles. The zero-order chi connectivity index (χ0) is 14.0. The second kappa shape index (κ2) is 5.73. The van der Waals surface area contributed by atoms with Crippen molar-refractivity contribution < 1.29 is 0 Å². The molecular weight excluding hydrogens is 272 g/mol. The first-order valence-electron chi connectivity index (χ1n) is 6.61. The monoisotopic (exact) mass is 294 g/mol. The van der Waals surface area contributed by atoms with Gasteiger partial charge in [0.05, 0.1) is 10.7 Å². The van der Waals surface area contributed by atoms with Gasteiger partial charge in [-0.2, -0.15) is 0 Å².